The molecule has 0 aliphatic carbocycles. The van der Waals surface area contributed by atoms with Crippen LogP contribution in [0.5, 0.6) is 5.75 Å². The van der Waals surface area contributed by atoms with Gasteiger partial charge >= 0.3 is 0 Å². The van der Waals surface area contributed by atoms with Crippen molar-refractivity contribution in [2.75, 3.05) is 13.7 Å². The number of rotatable bonds is 6. The molecule has 0 saturated carbocycles. The fraction of sp³-hybridized carbons (Fsp3) is 0.562. The lowest BCUT2D eigenvalue weighted by atomic mass is 9.85. The standard InChI is InChI=1S/C16H25NO3/c1-16(2,3)14(8-9-18)17-15(19)11-12-6-5-7-13(10-12)20-4/h5-7,10,14,18H,8-9,11H2,1-4H3,(H,17,19). The Morgan fingerprint density at radius 1 is 1.40 bits per heavy atom. The van der Waals surface area contributed by atoms with E-state index >= 15 is 0 Å². The second-order valence-corrected chi connectivity index (χ2v) is 6.03. The first kappa shape index (κ1) is 16.5. The maximum Gasteiger partial charge on any atom is 0.224 e. The first-order valence-corrected chi connectivity index (χ1v) is 6.90. The molecular weight excluding hydrogens is 254 g/mol. The van der Waals surface area contributed by atoms with Crippen molar-refractivity contribution in [3.63, 3.8) is 0 Å². The molecule has 112 valence electrons. The maximum absolute atomic E-state index is 12.1. The molecule has 0 saturated heterocycles. The number of nitrogens with one attached hydrogen (secondary N) is 1. The van der Waals surface area contributed by atoms with E-state index in [0.717, 1.165) is 11.3 Å². The molecule has 2 N–H and O–H groups in total. The largest absolute Gasteiger partial charge is 0.497 e. The number of aliphatic hydroxyl groups is 1. The Bertz CT molecular complexity index is 438. The zero-order chi connectivity index (χ0) is 15.2. The van der Waals surface area contributed by atoms with Crippen LogP contribution in [0.2, 0.25) is 0 Å². The van der Waals surface area contributed by atoms with E-state index in [0.29, 0.717) is 12.8 Å². The Balaban J connectivity index is 2.65. The summed E-state index contributed by atoms with van der Waals surface area (Å²) in [5.41, 5.74) is 0.839. The predicted octanol–water partition coefficient (Wildman–Crippen LogP) is 2.15. The van der Waals surface area contributed by atoms with Crippen LogP contribution >= 0.6 is 0 Å². The topological polar surface area (TPSA) is 58.6 Å². The summed E-state index contributed by atoms with van der Waals surface area (Å²) in [5.74, 6) is 0.713. The van der Waals surface area contributed by atoms with Gasteiger partial charge in [-0.3, -0.25) is 4.79 Å². The molecule has 0 fully saturated rings. The van der Waals surface area contributed by atoms with Crippen LogP contribution in [0.4, 0.5) is 0 Å². The summed E-state index contributed by atoms with van der Waals surface area (Å²) >= 11 is 0. The van der Waals surface area contributed by atoms with Crippen molar-refractivity contribution in [2.45, 2.75) is 39.7 Å². The second-order valence-electron chi connectivity index (χ2n) is 6.03. The van der Waals surface area contributed by atoms with E-state index in [1.165, 1.54) is 0 Å². The van der Waals surface area contributed by atoms with Gasteiger partial charge in [0.15, 0.2) is 0 Å². The van der Waals surface area contributed by atoms with E-state index in [4.69, 9.17) is 9.84 Å². The van der Waals surface area contributed by atoms with Gasteiger partial charge in [0.2, 0.25) is 5.91 Å². The highest BCUT2D eigenvalue weighted by Gasteiger charge is 2.25. The van der Waals surface area contributed by atoms with Crippen LogP contribution in [0.1, 0.15) is 32.8 Å². The average molecular weight is 279 g/mol. The molecule has 1 unspecified atom stereocenters. The number of methoxy groups -OCH3 is 1. The third-order valence-electron chi connectivity index (χ3n) is 3.30. The summed E-state index contributed by atoms with van der Waals surface area (Å²) in [7, 11) is 1.61. The minimum atomic E-state index is -0.0766. The van der Waals surface area contributed by atoms with E-state index in [1.54, 1.807) is 7.11 Å². The third-order valence-corrected chi connectivity index (χ3v) is 3.30. The lowest BCUT2D eigenvalue weighted by Gasteiger charge is -2.31. The Labute approximate surface area is 121 Å². The summed E-state index contributed by atoms with van der Waals surface area (Å²) in [6, 6.07) is 7.45. The van der Waals surface area contributed by atoms with Gasteiger partial charge in [-0.2, -0.15) is 0 Å². The van der Waals surface area contributed by atoms with Gasteiger partial charge in [0.05, 0.1) is 13.5 Å². The first-order valence-electron chi connectivity index (χ1n) is 6.90. The molecule has 1 aromatic rings. The molecule has 1 aromatic carbocycles. The SMILES string of the molecule is COc1cccc(CC(=O)NC(CCO)C(C)(C)C)c1. The highest BCUT2D eigenvalue weighted by atomic mass is 16.5. The van der Waals surface area contributed by atoms with Crippen molar-refractivity contribution >= 4 is 5.91 Å². The minimum absolute atomic E-state index is 0.0355. The van der Waals surface area contributed by atoms with Crippen molar-refractivity contribution < 1.29 is 14.6 Å². The molecule has 0 aromatic heterocycles. The Hall–Kier alpha value is -1.55. The predicted molar refractivity (Wildman–Crippen MR) is 79.8 cm³/mol. The molecule has 1 amide bonds. The lowest BCUT2D eigenvalue weighted by Crippen LogP contribution is -2.44. The number of hydrogen-bond donors (Lipinski definition) is 2. The highest BCUT2D eigenvalue weighted by molar-refractivity contribution is 5.79. The number of carbonyl (C=O) groups is 1. The van der Waals surface area contributed by atoms with Gasteiger partial charge in [-0.05, 0) is 29.5 Å². The van der Waals surface area contributed by atoms with Gasteiger partial charge in [0.25, 0.3) is 0 Å². The second kappa shape index (κ2) is 7.29. The molecule has 0 spiro atoms. The van der Waals surface area contributed by atoms with Crippen molar-refractivity contribution in [3.05, 3.63) is 29.8 Å². The molecule has 0 heterocycles. The monoisotopic (exact) mass is 279 g/mol. The summed E-state index contributed by atoms with van der Waals surface area (Å²) in [5, 5.41) is 12.1. The molecule has 20 heavy (non-hydrogen) atoms. The van der Waals surface area contributed by atoms with Crippen LogP contribution in [0.15, 0.2) is 24.3 Å². The fourth-order valence-electron chi connectivity index (χ4n) is 2.06. The number of hydrogen-bond acceptors (Lipinski definition) is 3. The van der Waals surface area contributed by atoms with E-state index in [2.05, 4.69) is 26.1 Å². The molecule has 4 nitrogen and oxygen atoms in total. The van der Waals surface area contributed by atoms with Crippen molar-refractivity contribution in [2.24, 2.45) is 5.41 Å². The van der Waals surface area contributed by atoms with Crippen LogP contribution < -0.4 is 10.1 Å². The van der Waals surface area contributed by atoms with E-state index in [9.17, 15) is 4.79 Å². The van der Waals surface area contributed by atoms with Gasteiger partial charge in [-0.1, -0.05) is 32.9 Å². The van der Waals surface area contributed by atoms with E-state index < -0.39 is 0 Å². The molecule has 0 bridgehead atoms. The Morgan fingerprint density at radius 2 is 2.10 bits per heavy atom. The van der Waals surface area contributed by atoms with Gasteiger partial charge in [0, 0.05) is 12.6 Å². The lowest BCUT2D eigenvalue weighted by molar-refractivity contribution is -0.122. The van der Waals surface area contributed by atoms with Crippen LogP contribution in [0, 0.1) is 5.41 Å². The average Bonchev–Trinajstić information content (AvgIpc) is 2.37. The van der Waals surface area contributed by atoms with Gasteiger partial charge in [-0.15, -0.1) is 0 Å². The number of carbonyl (C=O) groups excluding carboxylic acids is 1. The third kappa shape index (κ3) is 5.21. The molecular formula is C16H25NO3. The Morgan fingerprint density at radius 3 is 2.65 bits per heavy atom. The zero-order valence-electron chi connectivity index (χ0n) is 12.8. The van der Waals surface area contributed by atoms with Crippen LogP contribution in [0.3, 0.4) is 0 Å². The molecule has 1 atom stereocenters. The van der Waals surface area contributed by atoms with Crippen molar-refractivity contribution in [3.8, 4) is 5.75 Å². The number of ether oxygens (including phenoxy) is 1. The smallest absolute Gasteiger partial charge is 0.224 e. The number of benzene rings is 1. The summed E-state index contributed by atoms with van der Waals surface area (Å²) in [6.45, 7) is 6.23. The molecule has 0 aliphatic heterocycles. The quantitative estimate of drug-likeness (QED) is 0.839. The highest BCUT2D eigenvalue weighted by Crippen LogP contribution is 2.22. The van der Waals surface area contributed by atoms with Gasteiger partial charge in [-0.25, -0.2) is 0 Å². The van der Waals surface area contributed by atoms with E-state index in [1.807, 2.05) is 24.3 Å². The molecule has 0 aliphatic rings. The number of aliphatic hydroxyl groups excluding tert-OH is 1. The fourth-order valence-corrected chi connectivity index (χ4v) is 2.06. The Kier molecular flexibility index (Phi) is 6.02. The zero-order valence-corrected chi connectivity index (χ0v) is 12.8. The number of amides is 1. The van der Waals surface area contributed by atoms with Crippen molar-refractivity contribution in [1.29, 1.82) is 0 Å². The first-order chi connectivity index (χ1) is 9.36. The van der Waals surface area contributed by atoms with Crippen LogP contribution in [-0.4, -0.2) is 30.8 Å². The van der Waals surface area contributed by atoms with Crippen LogP contribution in [0.25, 0.3) is 0 Å². The van der Waals surface area contributed by atoms with Crippen molar-refractivity contribution in [1.82, 2.24) is 5.32 Å². The van der Waals surface area contributed by atoms with Gasteiger partial charge in [0.1, 0.15) is 5.75 Å². The molecule has 0 radical (unpaired) electrons. The summed E-state index contributed by atoms with van der Waals surface area (Å²) in [6.07, 6.45) is 0.878. The minimum Gasteiger partial charge on any atom is -0.497 e. The van der Waals surface area contributed by atoms with E-state index in [-0.39, 0.29) is 24.0 Å². The maximum atomic E-state index is 12.1. The van der Waals surface area contributed by atoms with Gasteiger partial charge < -0.3 is 15.2 Å². The summed E-state index contributed by atoms with van der Waals surface area (Å²) in [4.78, 5) is 12.1. The normalized spacial score (nSPS) is 12.8. The summed E-state index contributed by atoms with van der Waals surface area (Å²) < 4.78 is 5.15. The van der Waals surface area contributed by atoms with Crippen LogP contribution in [-0.2, 0) is 11.2 Å². The molecule has 1 rings (SSSR count). The molecule has 4 heteroatoms.